The van der Waals surface area contributed by atoms with Gasteiger partial charge in [0.2, 0.25) is 0 Å². The lowest BCUT2D eigenvalue weighted by Crippen LogP contribution is -2.85. The lowest BCUT2D eigenvalue weighted by atomic mass is 9.71. The van der Waals surface area contributed by atoms with Gasteiger partial charge >= 0.3 is 60.6 Å². The molecule has 3 unspecified atom stereocenters. The largest absolute Gasteiger partial charge is 0.460 e. The predicted octanol–water partition coefficient (Wildman–Crippen LogP) is 2.87. The van der Waals surface area contributed by atoms with E-state index in [9.17, 15) is 83.4 Å². The molecule has 0 bridgehead atoms. The normalized spacial score (nSPS) is 20.6. The molecule has 0 fully saturated rings. The molecular formula is C11H8F16O8S2. The summed E-state index contributed by atoms with van der Waals surface area (Å²) in [6, 6.07) is 0. The van der Waals surface area contributed by atoms with Crippen molar-refractivity contribution < 1.29 is 106 Å². The first-order valence-electron chi connectivity index (χ1n) is 7.86. The van der Waals surface area contributed by atoms with Crippen LogP contribution in [0.25, 0.3) is 0 Å². The van der Waals surface area contributed by atoms with E-state index in [-0.39, 0.29) is 0 Å². The smallest absolute Gasteiger partial charge is 0.396 e. The number of hydrogen-bond donors (Lipinski definition) is 4. The summed E-state index contributed by atoms with van der Waals surface area (Å²) in [5.74, 6) is -26.1. The van der Waals surface area contributed by atoms with Crippen LogP contribution in [0.1, 0.15) is 6.42 Å². The molecule has 0 aliphatic heterocycles. The van der Waals surface area contributed by atoms with E-state index in [0.29, 0.717) is 0 Å². The minimum absolute atomic E-state index is 3.08. The van der Waals surface area contributed by atoms with Crippen molar-refractivity contribution in [2.75, 3.05) is 6.61 Å². The molecule has 224 valence electrons. The second kappa shape index (κ2) is 8.82. The van der Waals surface area contributed by atoms with E-state index < -0.39 is 84.9 Å². The quantitative estimate of drug-likeness (QED) is 0.212. The highest BCUT2D eigenvalue weighted by Crippen LogP contribution is 2.67. The Morgan fingerprint density at radius 2 is 0.865 bits per heavy atom. The Labute approximate surface area is 192 Å². The van der Waals surface area contributed by atoms with Gasteiger partial charge in [-0.2, -0.15) is 78.3 Å². The van der Waals surface area contributed by atoms with Crippen LogP contribution >= 0.6 is 0 Å². The van der Waals surface area contributed by atoms with E-state index in [1.54, 1.807) is 0 Å². The highest BCUT2D eigenvalue weighted by Gasteiger charge is 2.99. The van der Waals surface area contributed by atoms with E-state index in [4.69, 9.17) is 14.2 Å². The maximum atomic E-state index is 15.2. The minimum Gasteiger partial charge on any atom is -0.396 e. The standard InChI is InChI=1S/C11H8F16O8S2/c12-4(5(13,14)9(20,21)22,11(26,27)37(33,34)35)3(29,1-2-28)8(19,36(30,31)32)6(15,16)7(17,18)10(23,24)25/h28-29H,1-2H2,(H,30,31,32)(H,33,34,35). The summed E-state index contributed by atoms with van der Waals surface area (Å²) in [6.07, 6.45) is -20.3. The number of hydrogen-bond acceptors (Lipinski definition) is 6. The number of alkyl halides is 16. The molecule has 4 N–H and O–H groups in total. The summed E-state index contributed by atoms with van der Waals surface area (Å²) < 4.78 is 278. The molecule has 26 heteroatoms. The summed E-state index contributed by atoms with van der Waals surface area (Å²) in [5.41, 5.74) is -16.7. The Bertz CT molecular complexity index is 1080. The van der Waals surface area contributed by atoms with Gasteiger partial charge in [-0.1, -0.05) is 0 Å². The van der Waals surface area contributed by atoms with Gasteiger partial charge in [0.15, 0.2) is 5.60 Å². The fourth-order valence-corrected chi connectivity index (χ4v) is 4.56. The Morgan fingerprint density at radius 3 is 1.08 bits per heavy atom. The van der Waals surface area contributed by atoms with Crippen LogP contribution in [0.4, 0.5) is 70.2 Å². The summed E-state index contributed by atoms with van der Waals surface area (Å²) in [5, 5.41) is 1.28. The summed E-state index contributed by atoms with van der Waals surface area (Å²) in [7, 11) is -17.3. The fourth-order valence-electron chi connectivity index (χ4n) is 2.79. The van der Waals surface area contributed by atoms with Crippen LogP contribution in [0, 0.1) is 0 Å². The predicted molar refractivity (Wildman–Crippen MR) is 79.3 cm³/mol. The van der Waals surface area contributed by atoms with E-state index in [2.05, 4.69) is 0 Å². The van der Waals surface area contributed by atoms with E-state index >= 15 is 8.78 Å². The second-order valence-electron chi connectivity index (χ2n) is 6.77. The fraction of sp³-hybridized carbons (Fsp3) is 1.00. The van der Waals surface area contributed by atoms with Crippen LogP contribution in [-0.2, 0) is 20.2 Å². The molecule has 8 nitrogen and oxygen atoms in total. The Morgan fingerprint density at radius 1 is 0.541 bits per heavy atom. The van der Waals surface area contributed by atoms with Crippen molar-refractivity contribution in [3.63, 3.8) is 0 Å². The molecule has 0 aromatic rings. The van der Waals surface area contributed by atoms with Gasteiger partial charge in [-0.25, -0.2) is 8.78 Å². The SMILES string of the molecule is O=S(=O)(O)C(F)(F)C(F)(C(F)(F)C(F)(F)F)C(O)(CCO)C(F)(C(F)(F)C(F)(F)C(F)(F)F)S(=O)(=O)O. The first-order chi connectivity index (χ1) is 15.6. The van der Waals surface area contributed by atoms with Crippen molar-refractivity contribution in [2.24, 2.45) is 0 Å². The molecule has 0 radical (unpaired) electrons. The molecule has 0 amide bonds. The van der Waals surface area contributed by atoms with E-state index in [1.165, 1.54) is 0 Å². The number of halogens is 16. The Kier molecular flexibility index (Phi) is 8.49. The van der Waals surface area contributed by atoms with Gasteiger partial charge in [0, 0.05) is 13.0 Å². The van der Waals surface area contributed by atoms with Crippen molar-refractivity contribution in [3.05, 3.63) is 0 Å². The molecule has 0 spiro atoms. The van der Waals surface area contributed by atoms with Crippen LogP contribution < -0.4 is 0 Å². The van der Waals surface area contributed by atoms with Crippen molar-refractivity contribution >= 4 is 20.2 Å². The van der Waals surface area contributed by atoms with Crippen LogP contribution in [0.5, 0.6) is 0 Å². The molecule has 37 heavy (non-hydrogen) atoms. The van der Waals surface area contributed by atoms with Gasteiger partial charge in [0.25, 0.3) is 5.67 Å². The molecule has 0 saturated carbocycles. The van der Waals surface area contributed by atoms with Crippen LogP contribution in [0.3, 0.4) is 0 Å². The average molecular weight is 636 g/mol. The van der Waals surface area contributed by atoms with E-state index in [1.807, 2.05) is 0 Å². The molecular weight excluding hydrogens is 628 g/mol. The van der Waals surface area contributed by atoms with Gasteiger partial charge < -0.3 is 10.2 Å². The highest BCUT2D eigenvalue weighted by molar-refractivity contribution is 7.87. The van der Waals surface area contributed by atoms with Crippen molar-refractivity contribution in [3.8, 4) is 0 Å². The third kappa shape index (κ3) is 4.29. The third-order valence-electron chi connectivity index (χ3n) is 4.60. The third-order valence-corrected chi connectivity index (χ3v) is 6.83. The first kappa shape index (κ1) is 35.6. The van der Waals surface area contributed by atoms with Crippen LogP contribution in [0.15, 0.2) is 0 Å². The molecule has 0 aromatic heterocycles. The van der Waals surface area contributed by atoms with Gasteiger partial charge in [0.05, 0.1) is 0 Å². The molecule has 0 rings (SSSR count). The molecule has 0 aliphatic carbocycles. The van der Waals surface area contributed by atoms with Crippen LogP contribution in [-0.4, -0.2) is 94.4 Å². The molecule has 0 heterocycles. The number of aliphatic hydroxyl groups is 2. The van der Waals surface area contributed by atoms with Gasteiger partial charge in [-0.15, -0.1) is 0 Å². The lowest BCUT2D eigenvalue weighted by molar-refractivity contribution is -0.421. The topological polar surface area (TPSA) is 149 Å². The van der Waals surface area contributed by atoms with Gasteiger partial charge in [-0.3, -0.25) is 9.11 Å². The summed E-state index contributed by atoms with van der Waals surface area (Å²) >= 11 is 0. The molecule has 3 atom stereocenters. The van der Waals surface area contributed by atoms with Crippen LogP contribution in [0.2, 0.25) is 0 Å². The average Bonchev–Trinajstić information content (AvgIpc) is 2.62. The Hall–Kier alpha value is -1.38. The van der Waals surface area contributed by atoms with Gasteiger partial charge in [-0.05, 0) is 0 Å². The van der Waals surface area contributed by atoms with Crippen molar-refractivity contribution in [1.82, 2.24) is 0 Å². The minimum atomic E-state index is -8.85. The first-order valence-corrected chi connectivity index (χ1v) is 10.7. The van der Waals surface area contributed by atoms with Gasteiger partial charge in [0.1, 0.15) is 0 Å². The lowest BCUT2D eigenvalue weighted by Gasteiger charge is -2.53. The highest BCUT2D eigenvalue weighted by atomic mass is 32.2. The zero-order valence-electron chi connectivity index (χ0n) is 16.2. The zero-order chi connectivity index (χ0) is 30.9. The summed E-state index contributed by atoms with van der Waals surface area (Å²) in [6.45, 7) is -3.08. The molecule has 0 aliphatic rings. The second-order valence-corrected chi connectivity index (χ2v) is 9.75. The maximum absolute atomic E-state index is 15.2. The number of aliphatic hydroxyl groups excluding tert-OH is 1. The maximum Gasteiger partial charge on any atom is 0.460 e. The van der Waals surface area contributed by atoms with E-state index in [0.717, 1.165) is 0 Å². The summed E-state index contributed by atoms with van der Waals surface area (Å²) in [4.78, 5) is 0. The molecule has 0 aromatic carbocycles. The zero-order valence-corrected chi connectivity index (χ0v) is 17.8. The molecule has 0 saturated heterocycles. The van der Waals surface area contributed by atoms with Crippen molar-refractivity contribution in [2.45, 2.75) is 58.1 Å². The Balaban J connectivity index is 8.77. The van der Waals surface area contributed by atoms with Crippen molar-refractivity contribution in [1.29, 1.82) is 0 Å². The number of rotatable bonds is 10. The monoisotopic (exact) mass is 636 g/mol.